The Balaban J connectivity index is 3.10. The second kappa shape index (κ2) is 4.53. The lowest BCUT2D eigenvalue weighted by atomic mass is 10.2. The highest BCUT2D eigenvalue weighted by atomic mass is 35.5. The summed E-state index contributed by atoms with van der Waals surface area (Å²) in [5.41, 5.74) is 0.00500. The average molecular weight is 237 g/mol. The fraction of sp³-hybridized carbons (Fsp3) is 0. The van der Waals surface area contributed by atoms with Crippen molar-refractivity contribution in [2.24, 2.45) is 0 Å². The largest absolute Gasteiger partial charge is 0.276 e. The van der Waals surface area contributed by atoms with Gasteiger partial charge in [0.2, 0.25) is 5.24 Å². The number of hydrogen-bond donors (Lipinski definition) is 0. The number of rotatable bonds is 2. The van der Waals surface area contributed by atoms with Crippen LogP contribution in [0, 0.1) is 11.6 Å². The van der Waals surface area contributed by atoms with Gasteiger partial charge in [0, 0.05) is 11.6 Å². The maximum absolute atomic E-state index is 13.0. The first-order valence-corrected chi connectivity index (χ1v) is 4.28. The molecule has 14 heavy (non-hydrogen) atoms. The summed E-state index contributed by atoms with van der Waals surface area (Å²) in [5.74, 6) is -1.65. The SMILES string of the molecule is O=C(Cl)C=Cc1cc(Cl)c(F)cc1F. The van der Waals surface area contributed by atoms with Gasteiger partial charge in [-0.25, -0.2) is 8.78 Å². The van der Waals surface area contributed by atoms with Crippen molar-refractivity contribution < 1.29 is 13.6 Å². The minimum Gasteiger partial charge on any atom is -0.276 e. The van der Waals surface area contributed by atoms with Crippen LogP contribution in [-0.2, 0) is 4.79 Å². The summed E-state index contributed by atoms with van der Waals surface area (Å²) in [6.07, 6.45) is 2.07. The molecule has 0 heterocycles. The zero-order valence-electron chi connectivity index (χ0n) is 6.73. The van der Waals surface area contributed by atoms with Crippen LogP contribution in [0.4, 0.5) is 8.78 Å². The van der Waals surface area contributed by atoms with Crippen molar-refractivity contribution in [1.29, 1.82) is 0 Å². The van der Waals surface area contributed by atoms with E-state index in [0.717, 1.165) is 18.2 Å². The predicted molar refractivity (Wildman–Crippen MR) is 51.3 cm³/mol. The van der Waals surface area contributed by atoms with E-state index in [0.29, 0.717) is 6.07 Å². The Morgan fingerprint density at radius 2 is 1.93 bits per heavy atom. The van der Waals surface area contributed by atoms with Gasteiger partial charge in [-0.15, -0.1) is 0 Å². The fourth-order valence-corrected chi connectivity index (χ4v) is 1.06. The first kappa shape index (κ1) is 11.1. The molecule has 74 valence electrons. The molecule has 0 spiro atoms. The molecule has 1 rings (SSSR count). The zero-order chi connectivity index (χ0) is 10.7. The molecule has 0 radical (unpaired) electrons. The molecule has 0 aliphatic carbocycles. The molecule has 1 aromatic rings. The lowest BCUT2D eigenvalue weighted by Gasteiger charge is -1.98. The van der Waals surface area contributed by atoms with Gasteiger partial charge in [0.1, 0.15) is 11.6 Å². The molecule has 0 aliphatic heterocycles. The molecule has 1 nitrogen and oxygen atoms in total. The third-order valence-corrected chi connectivity index (χ3v) is 1.85. The monoisotopic (exact) mass is 236 g/mol. The van der Waals surface area contributed by atoms with Crippen LogP contribution < -0.4 is 0 Å². The topological polar surface area (TPSA) is 17.1 Å². The summed E-state index contributed by atoms with van der Waals surface area (Å²) in [7, 11) is 0. The molecule has 0 aliphatic rings. The van der Waals surface area contributed by atoms with E-state index in [4.69, 9.17) is 23.2 Å². The highest BCUT2D eigenvalue weighted by Gasteiger charge is 2.06. The third-order valence-electron chi connectivity index (χ3n) is 1.43. The number of hydrogen-bond acceptors (Lipinski definition) is 1. The van der Waals surface area contributed by atoms with E-state index in [1.165, 1.54) is 0 Å². The van der Waals surface area contributed by atoms with Crippen molar-refractivity contribution >= 4 is 34.5 Å². The Morgan fingerprint density at radius 1 is 1.29 bits per heavy atom. The molecule has 0 amide bonds. The van der Waals surface area contributed by atoms with Gasteiger partial charge in [0.05, 0.1) is 5.02 Å². The minimum absolute atomic E-state index is 0.00500. The van der Waals surface area contributed by atoms with Crippen LogP contribution in [0.25, 0.3) is 6.08 Å². The van der Waals surface area contributed by atoms with Crippen LogP contribution in [-0.4, -0.2) is 5.24 Å². The molecule has 0 aromatic heterocycles. The van der Waals surface area contributed by atoms with Gasteiger partial charge in [0.25, 0.3) is 0 Å². The van der Waals surface area contributed by atoms with Crippen molar-refractivity contribution in [1.82, 2.24) is 0 Å². The highest BCUT2D eigenvalue weighted by molar-refractivity contribution is 6.66. The molecule has 0 saturated carbocycles. The second-order valence-corrected chi connectivity index (χ2v) is 3.20. The van der Waals surface area contributed by atoms with Gasteiger partial charge in [-0.2, -0.15) is 0 Å². The van der Waals surface area contributed by atoms with E-state index < -0.39 is 16.9 Å². The normalized spacial score (nSPS) is 10.9. The van der Waals surface area contributed by atoms with Gasteiger partial charge >= 0.3 is 0 Å². The number of halogens is 4. The Hall–Kier alpha value is -0.930. The standard InChI is InChI=1S/C9H4Cl2F2O/c10-6-3-5(1-2-9(11)14)7(12)4-8(6)13/h1-4H. The van der Waals surface area contributed by atoms with Crippen LogP contribution in [0.2, 0.25) is 5.02 Å². The Labute approximate surface area is 88.9 Å². The van der Waals surface area contributed by atoms with E-state index in [1.807, 2.05) is 0 Å². The summed E-state index contributed by atoms with van der Waals surface area (Å²) in [4.78, 5) is 10.3. The lowest BCUT2D eigenvalue weighted by Crippen LogP contribution is -1.87. The van der Waals surface area contributed by atoms with Crippen molar-refractivity contribution in [2.75, 3.05) is 0 Å². The summed E-state index contributed by atoms with van der Waals surface area (Å²) < 4.78 is 25.6. The summed E-state index contributed by atoms with van der Waals surface area (Å²) in [6.45, 7) is 0. The fourth-order valence-electron chi connectivity index (χ4n) is 0.821. The molecule has 0 unspecified atom stereocenters. The number of benzene rings is 1. The summed E-state index contributed by atoms with van der Waals surface area (Å²) >= 11 is 10.4. The predicted octanol–water partition coefficient (Wildman–Crippen LogP) is 3.40. The maximum atomic E-state index is 13.0. The van der Waals surface area contributed by atoms with Gasteiger partial charge < -0.3 is 0 Å². The first-order valence-electron chi connectivity index (χ1n) is 3.53. The van der Waals surface area contributed by atoms with E-state index in [9.17, 15) is 13.6 Å². The van der Waals surface area contributed by atoms with Gasteiger partial charge in [-0.1, -0.05) is 11.6 Å². The van der Waals surface area contributed by atoms with Crippen molar-refractivity contribution in [3.63, 3.8) is 0 Å². The molecule has 0 N–H and O–H groups in total. The molecule has 0 atom stereocenters. The van der Waals surface area contributed by atoms with Crippen molar-refractivity contribution in [2.45, 2.75) is 0 Å². The Kier molecular flexibility index (Phi) is 3.61. The molecule has 5 heteroatoms. The van der Waals surface area contributed by atoms with Crippen LogP contribution >= 0.6 is 23.2 Å². The van der Waals surface area contributed by atoms with Gasteiger partial charge in [0.15, 0.2) is 0 Å². The highest BCUT2D eigenvalue weighted by Crippen LogP contribution is 2.20. The van der Waals surface area contributed by atoms with Gasteiger partial charge in [-0.3, -0.25) is 4.79 Å². The molecular weight excluding hydrogens is 233 g/mol. The average Bonchev–Trinajstić information content (AvgIpc) is 2.09. The number of allylic oxidation sites excluding steroid dienone is 1. The molecule has 0 bridgehead atoms. The number of carbonyl (C=O) groups excluding carboxylic acids is 1. The lowest BCUT2D eigenvalue weighted by molar-refractivity contribution is -0.107. The van der Waals surface area contributed by atoms with E-state index >= 15 is 0 Å². The molecule has 0 saturated heterocycles. The van der Waals surface area contributed by atoms with Crippen LogP contribution in [0.15, 0.2) is 18.2 Å². The van der Waals surface area contributed by atoms with Gasteiger partial charge in [-0.05, 0) is 29.8 Å². The maximum Gasteiger partial charge on any atom is 0.245 e. The van der Waals surface area contributed by atoms with E-state index in [2.05, 4.69) is 0 Å². The van der Waals surface area contributed by atoms with Crippen LogP contribution in [0.3, 0.4) is 0 Å². The number of carbonyl (C=O) groups is 1. The summed E-state index contributed by atoms with van der Waals surface area (Å²) in [5, 5.41) is -0.960. The smallest absolute Gasteiger partial charge is 0.245 e. The van der Waals surface area contributed by atoms with Crippen LogP contribution in [0.1, 0.15) is 5.56 Å². The van der Waals surface area contributed by atoms with E-state index in [-0.39, 0.29) is 10.6 Å². The Morgan fingerprint density at radius 3 is 2.50 bits per heavy atom. The minimum atomic E-state index is -0.849. The van der Waals surface area contributed by atoms with E-state index in [1.54, 1.807) is 0 Å². The summed E-state index contributed by atoms with van der Waals surface area (Å²) in [6, 6.07) is 1.71. The molecule has 0 fully saturated rings. The second-order valence-electron chi connectivity index (χ2n) is 2.43. The first-order chi connectivity index (χ1) is 6.50. The zero-order valence-corrected chi connectivity index (χ0v) is 8.24. The third kappa shape index (κ3) is 2.79. The van der Waals surface area contributed by atoms with Crippen molar-refractivity contribution in [3.05, 3.63) is 40.4 Å². The molecule has 1 aromatic carbocycles. The molecular formula is C9H4Cl2F2O. The van der Waals surface area contributed by atoms with Crippen LogP contribution in [0.5, 0.6) is 0 Å². The Bertz CT molecular complexity index is 402. The quantitative estimate of drug-likeness (QED) is 0.437. The van der Waals surface area contributed by atoms with Crippen molar-refractivity contribution in [3.8, 4) is 0 Å².